The standard InChI is InChI=1S/C19H28F3N3/c1-14(11-19(20,21)22)25-9-5-8-16(13-25)18-17(12-23-24-18)10-15-6-3-2-4-7-15/h2-4,6-7,14,16-18,23-24H,5,8-13H2,1H3. The molecule has 2 aliphatic rings. The van der Waals surface area contributed by atoms with E-state index in [1.165, 1.54) is 5.56 Å². The van der Waals surface area contributed by atoms with Crippen LogP contribution in [0.3, 0.4) is 0 Å². The molecule has 0 saturated carbocycles. The van der Waals surface area contributed by atoms with Crippen LogP contribution < -0.4 is 10.9 Å². The van der Waals surface area contributed by atoms with Crippen LogP contribution >= 0.6 is 0 Å². The average Bonchev–Trinajstić information content (AvgIpc) is 3.02. The van der Waals surface area contributed by atoms with Gasteiger partial charge in [0.2, 0.25) is 0 Å². The maximum atomic E-state index is 12.7. The lowest BCUT2D eigenvalue weighted by Crippen LogP contribution is -2.50. The highest BCUT2D eigenvalue weighted by molar-refractivity contribution is 5.16. The molecule has 140 valence electrons. The second-order valence-electron chi connectivity index (χ2n) is 7.57. The molecule has 4 unspecified atom stereocenters. The predicted octanol–water partition coefficient (Wildman–Crippen LogP) is 3.37. The van der Waals surface area contributed by atoms with Crippen LogP contribution in [-0.4, -0.2) is 42.8 Å². The molecule has 2 saturated heterocycles. The van der Waals surface area contributed by atoms with Gasteiger partial charge in [0.1, 0.15) is 0 Å². The van der Waals surface area contributed by atoms with Crippen molar-refractivity contribution in [3.05, 3.63) is 35.9 Å². The van der Waals surface area contributed by atoms with Crippen molar-refractivity contribution in [1.29, 1.82) is 0 Å². The van der Waals surface area contributed by atoms with Gasteiger partial charge in [-0.15, -0.1) is 0 Å². The van der Waals surface area contributed by atoms with Crippen molar-refractivity contribution in [1.82, 2.24) is 15.8 Å². The van der Waals surface area contributed by atoms with Crippen molar-refractivity contribution in [3.63, 3.8) is 0 Å². The highest BCUT2D eigenvalue weighted by Gasteiger charge is 2.38. The zero-order valence-electron chi connectivity index (χ0n) is 14.7. The second-order valence-corrected chi connectivity index (χ2v) is 7.57. The van der Waals surface area contributed by atoms with Gasteiger partial charge in [0.25, 0.3) is 0 Å². The molecule has 25 heavy (non-hydrogen) atoms. The second kappa shape index (κ2) is 8.06. The molecule has 2 aliphatic heterocycles. The Hall–Kier alpha value is -1.11. The van der Waals surface area contributed by atoms with E-state index in [1.54, 1.807) is 6.92 Å². The summed E-state index contributed by atoms with van der Waals surface area (Å²) in [6.45, 7) is 4.14. The van der Waals surface area contributed by atoms with Gasteiger partial charge in [0.05, 0.1) is 6.42 Å². The third-order valence-electron chi connectivity index (χ3n) is 5.63. The lowest BCUT2D eigenvalue weighted by molar-refractivity contribution is -0.147. The van der Waals surface area contributed by atoms with Crippen LogP contribution in [0.5, 0.6) is 0 Å². The minimum absolute atomic E-state index is 0.320. The lowest BCUT2D eigenvalue weighted by atomic mass is 9.81. The molecule has 1 aromatic rings. The van der Waals surface area contributed by atoms with Gasteiger partial charge in [0, 0.05) is 25.2 Å². The Balaban J connectivity index is 1.60. The Kier molecular flexibility index (Phi) is 6.02. The zero-order valence-corrected chi connectivity index (χ0v) is 14.7. The summed E-state index contributed by atoms with van der Waals surface area (Å²) in [5.41, 5.74) is 8.00. The highest BCUT2D eigenvalue weighted by Crippen LogP contribution is 2.31. The van der Waals surface area contributed by atoms with E-state index < -0.39 is 18.6 Å². The minimum Gasteiger partial charge on any atom is -0.300 e. The van der Waals surface area contributed by atoms with Crippen molar-refractivity contribution in [2.24, 2.45) is 11.8 Å². The molecule has 0 radical (unpaired) electrons. The number of hydrazine groups is 1. The maximum absolute atomic E-state index is 12.7. The number of hydrogen-bond donors (Lipinski definition) is 2. The molecule has 0 bridgehead atoms. The molecule has 0 aliphatic carbocycles. The molecule has 3 rings (SSSR count). The molecule has 4 atom stereocenters. The van der Waals surface area contributed by atoms with Gasteiger partial charge in [-0.05, 0) is 50.1 Å². The van der Waals surface area contributed by atoms with Crippen molar-refractivity contribution < 1.29 is 13.2 Å². The number of rotatable bonds is 5. The first-order valence-electron chi connectivity index (χ1n) is 9.25. The summed E-state index contributed by atoms with van der Waals surface area (Å²) in [6.07, 6.45) is -1.75. The van der Waals surface area contributed by atoms with Crippen molar-refractivity contribution in [2.75, 3.05) is 19.6 Å². The summed E-state index contributed by atoms with van der Waals surface area (Å²) in [5.74, 6) is 0.874. The van der Waals surface area contributed by atoms with Gasteiger partial charge in [-0.1, -0.05) is 30.3 Å². The van der Waals surface area contributed by atoms with E-state index in [2.05, 4.69) is 35.1 Å². The van der Waals surface area contributed by atoms with E-state index in [4.69, 9.17) is 0 Å². The molecule has 2 N–H and O–H groups in total. The maximum Gasteiger partial charge on any atom is 0.390 e. The topological polar surface area (TPSA) is 27.3 Å². The monoisotopic (exact) mass is 355 g/mol. The van der Waals surface area contributed by atoms with Crippen LogP contribution in [0.15, 0.2) is 30.3 Å². The molecular formula is C19H28F3N3. The fourth-order valence-electron chi connectivity index (χ4n) is 4.37. The van der Waals surface area contributed by atoms with Gasteiger partial charge in [-0.2, -0.15) is 13.2 Å². The number of nitrogens with one attached hydrogen (secondary N) is 2. The van der Waals surface area contributed by atoms with E-state index in [9.17, 15) is 13.2 Å². The minimum atomic E-state index is -4.09. The Labute approximate surface area is 147 Å². The van der Waals surface area contributed by atoms with Crippen molar-refractivity contribution in [3.8, 4) is 0 Å². The number of halogens is 3. The van der Waals surface area contributed by atoms with Gasteiger partial charge >= 0.3 is 6.18 Å². The van der Waals surface area contributed by atoms with Crippen LogP contribution in [-0.2, 0) is 6.42 Å². The highest BCUT2D eigenvalue weighted by atomic mass is 19.4. The fourth-order valence-corrected chi connectivity index (χ4v) is 4.37. The molecule has 0 aromatic heterocycles. The predicted molar refractivity (Wildman–Crippen MR) is 93.0 cm³/mol. The van der Waals surface area contributed by atoms with Gasteiger partial charge in [-0.3, -0.25) is 15.8 Å². The summed E-state index contributed by atoms with van der Waals surface area (Å²) < 4.78 is 38.1. The van der Waals surface area contributed by atoms with E-state index in [0.29, 0.717) is 17.9 Å². The molecular weight excluding hydrogens is 327 g/mol. The first-order valence-corrected chi connectivity index (χ1v) is 9.25. The summed E-state index contributed by atoms with van der Waals surface area (Å²) >= 11 is 0. The Bertz CT molecular complexity index is 534. The molecule has 0 spiro atoms. The van der Waals surface area contributed by atoms with Crippen LogP contribution in [0.4, 0.5) is 13.2 Å². The van der Waals surface area contributed by atoms with E-state index >= 15 is 0 Å². The van der Waals surface area contributed by atoms with E-state index in [-0.39, 0.29) is 0 Å². The molecule has 0 amide bonds. The van der Waals surface area contributed by atoms with Crippen LogP contribution in [0.1, 0.15) is 31.7 Å². The molecule has 1 aromatic carbocycles. The SMILES string of the molecule is CC(CC(F)(F)F)N1CCCC(C2NNCC2Cc2ccccc2)C1. The molecule has 6 heteroatoms. The number of alkyl halides is 3. The normalized spacial score (nSPS) is 29.7. The molecule has 2 fully saturated rings. The summed E-state index contributed by atoms with van der Waals surface area (Å²) in [6, 6.07) is 10.3. The Morgan fingerprint density at radius 3 is 2.72 bits per heavy atom. The first-order chi connectivity index (χ1) is 11.9. The number of nitrogens with zero attached hydrogens (tertiary/aromatic N) is 1. The first kappa shape index (κ1) is 18.7. The van der Waals surface area contributed by atoms with Crippen LogP contribution in [0.25, 0.3) is 0 Å². The number of piperidine rings is 1. The summed E-state index contributed by atoms with van der Waals surface area (Å²) in [7, 11) is 0. The van der Waals surface area contributed by atoms with Gasteiger partial charge < -0.3 is 0 Å². The lowest BCUT2D eigenvalue weighted by Gasteiger charge is -2.40. The van der Waals surface area contributed by atoms with Crippen LogP contribution in [0, 0.1) is 11.8 Å². The van der Waals surface area contributed by atoms with Crippen molar-refractivity contribution >= 4 is 0 Å². The van der Waals surface area contributed by atoms with Crippen molar-refractivity contribution in [2.45, 2.75) is 50.9 Å². The van der Waals surface area contributed by atoms with Gasteiger partial charge in [-0.25, -0.2) is 0 Å². The molecule has 2 heterocycles. The largest absolute Gasteiger partial charge is 0.390 e. The summed E-state index contributed by atoms with van der Waals surface area (Å²) in [5, 5.41) is 0. The average molecular weight is 355 g/mol. The van der Waals surface area contributed by atoms with E-state index in [0.717, 1.165) is 38.9 Å². The fraction of sp³-hybridized carbons (Fsp3) is 0.684. The number of likely N-dealkylation sites (tertiary alicyclic amines) is 1. The Morgan fingerprint density at radius 2 is 2.00 bits per heavy atom. The van der Waals surface area contributed by atoms with Crippen LogP contribution in [0.2, 0.25) is 0 Å². The molecule has 3 nitrogen and oxygen atoms in total. The zero-order chi connectivity index (χ0) is 17.9. The third-order valence-corrected chi connectivity index (χ3v) is 5.63. The smallest absolute Gasteiger partial charge is 0.300 e. The number of hydrogen-bond acceptors (Lipinski definition) is 3. The van der Waals surface area contributed by atoms with Gasteiger partial charge in [0.15, 0.2) is 0 Å². The summed E-state index contributed by atoms with van der Waals surface area (Å²) in [4.78, 5) is 2.03. The third kappa shape index (κ3) is 5.19. The quantitative estimate of drug-likeness (QED) is 0.848. The Morgan fingerprint density at radius 1 is 1.24 bits per heavy atom. The number of benzene rings is 1. The van der Waals surface area contributed by atoms with E-state index in [1.807, 2.05) is 11.0 Å².